The first-order chi connectivity index (χ1) is 10.6. The molecule has 116 valence electrons. The summed E-state index contributed by atoms with van der Waals surface area (Å²) >= 11 is 0. The van der Waals surface area contributed by atoms with E-state index in [0.717, 1.165) is 11.1 Å². The summed E-state index contributed by atoms with van der Waals surface area (Å²) in [5, 5.41) is 5.71. The molecule has 2 aromatic rings. The van der Waals surface area contributed by atoms with Gasteiger partial charge in [0.25, 0.3) is 5.56 Å². The highest BCUT2D eigenvalue weighted by Crippen LogP contribution is 2.12. The number of amides is 1. The summed E-state index contributed by atoms with van der Waals surface area (Å²) in [6.45, 7) is 5.40. The number of benzene rings is 1. The molecule has 1 unspecified atom stereocenters. The van der Waals surface area contributed by atoms with Crippen molar-refractivity contribution in [3.05, 3.63) is 40.3 Å². The SMILES string of the molecule is Cc1nn(CC(=O)N2CCOC(C)C2)c(=O)c2ccccc12. The molecule has 0 radical (unpaired) electrons. The number of morpholine rings is 1. The molecular formula is C16H19N3O3. The first-order valence-electron chi connectivity index (χ1n) is 7.42. The van der Waals surface area contributed by atoms with Gasteiger partial charge in [0.1, 0.15) is 6.54 Å². The lowest BCUT2D eigenvalue weighted by Crippen LogP contribution is -2.46. The van der Waals surface area contributed by atoms with Gasteiger partial charge >= 0.3 is 0 Å². The number of aromatic nitrogens is 2. The van der Waals surface area contributed by atoms with Crippen LogP contribution in [-0.4, -0.2) is 46.4 Å². The standard InChI is InChI=1S/C16H19N3O3/c1-11-9-18(7-8-22-11)15(20)10-19-16(21)14-6-4-3-5-13(14)12(2)17-19/h3-6,11H,7-10H2,1-2H3. The Morgan fingerprint density at radius 1 is 1.36 bits per heavy atom. The maximum absolute atomic E-state index is 12.5. The van der Waals surface area contributed by atoms with E-state index < -0.39 is 0 Å². The van der Waals surface area contributed by atoms with Gasteiger partial charge in [-0.3, -0.25) is 9.59 Å². The summed E-state index contributed by atoms with van der Waals surface area (Å²) in [4.78, 5) is 26.6. The first-order valence-corrected chi connectivity index (χ1v) is 7.42. The fourth-order valence-corrected chi connectivity index (χ4v) is 2.78. The van der Waals surface area contributed by atoms with Gasteiger partial charge in [-0.1, -0.05) is 18.2 Å². The van der Waals surface area contributed by atoms with Gasteiger partial charge in [-0.05, 0) is 19.9 Å². The number of hydrogen-bond acceptors (Lipinski definition) is 4. The van der Waals surface area contributed by atoms with Crippen LogP contribution >= 0.6 is 0 Å². The van der Waals surface area contributed by atoms with E-state index >= 15 is 0 Å². The molecule has 0 saturated carbocycles. The predicted octanol–water partition coefficient (Wildman–Crippen LogP) is 0.952. The Hall–Kier alpha value is -2.21. The van der Waals surface area contributed by atoms with Crippen LogP contribution in [0, 0.1) is 6.92 Å². The summed E-state index contributed by atoms with van der Waals surface area (Å²) in [5.41, 5.74) is 0.522. The third-order valence-corrected chi connectivity index (χ3v) is 3.93. The molecule has 0 spiro atoms. The maximum Gasteiger partial charge on any atom is 0.275 e. The summed E-state index contributed by atoms with van der Waals surface area (Å²) in [7, 11) is 0. The number of carbonyl (C=O) groups excluding carboxylic acids is 1. The molecule has 22 heavy (non-hydrogen) atoms. The zero-order valence-corrected chi connectivity index (χ0v) is 12.8. The molecule has 1 amide bonds. The number of fused-ring (bicyclic) bond motifs is 1. The molecule has 1 aromatic heterocycles. The van der Waals surface area contributed by atoms with Crippen molar-refractivity contribution in [3.8, 4) is 0 Å². The van der Waals surface area contributed by atoms with Gasteiger partial charge in [-0.15, -0.1) is 0 Å². The van der Waals surface area contributed by atoms with E-state index in [1.807, 2.05) is 32.0 Å². The van der Waals surface area contributed by atoms with E-state index in [2.05, 4.69) is 5.10 Å². The van der Waals surface area contributed by atoms with Crippen molar-refractivity contribution < 1.29 is 9.53 Å². The Labute approximate surface area is 128 Å². The second-order valence-electron chi connectivity index (χ2n) is 5.61. The molecule has 0 N–H and O–H groups in total. The minimum atomic E-state index is -0.226. The minimum Gasteiger partial charge on any atom is -0.375 e. The van der Waals surface area contributed by atoms with Crippen molar-refractivity contribution in [2.75, 3.05) is 19.7 Å². The largest absolute Gasteiger partial charge is 0.375 e. The molecule has 1 atom stereocenters. The first kappa shape index (κ1) is 14.7. The minimum absolute atomic E-state index is 0.0284. The number of rotatable bonds is 2. The van der Waals surface area contributed by atoms with Gasteiger partial charge in [0.05, 0.1) is 23.8 Å². The summed E-state index contributed by atoms with van der Waals surface area (Å²) in [6, 6.07) is 7.33. The second-order valence-corrected chi connectivity index (χ2v) is 5.61. The van der Waals surface area contributed by atoms with E-state index in [-0.39, 0.29) is 24.1 Å². The van der Waals surface area contributed by atoms with Crippen molar-refractivity contribution >= 4 is 16.7 Å². The lowest BCUT2D eigenvalue weighted by atomic mass is 10.1. The molecule has 1 aromatic carbocycles. The van der Waals surface area contributed by atoms with Crippen molar-refractivity contribution in [2.45, 2.75) is 26.5 Å². The van der Waals surface area contributed by atoms with Gasteiger partial charge in [0, 0.05) is 18.5 Å². The molecule has 1 aliphatic rings. The summed E-state index contributed by atoms with van der Waals surface area (Å²) in [5.74, 6) is -0.0977. The van der Waals surface area contributed by atoms with E-state index in [9.17, 15) is 9.59 Å². The number of ether oxygens (including phenoxy) is 1. The van der Waals surface area contributed by atoms with Crippen LogP contribution in [-0.2, 0) is 16.1 Å². The van der Waals surface area contributed by atoms with Gasteiger partial charge in [-0.25, -0.2) is 4.68 Å². The summed E-state index contributed by atoms with van der Waals surface area (Å²) < 4.78 is 6.69. The van der Waals surface area contributed by atoms with Crippen LogP contribution in [0.4, 0.5) is 0 Å². The van der Waals surface area contributed by atoms with E-state index in [4.69, 9.17) is 4.74 Å². The Kier molecular flexibility index (Phi) is 3.94. The second kappa shape index (κ2) is 5.88. The lowest BCUT2D eigenvalue weighted by molar-refractivity contribution is -0.139. The average molecular weight is 301 g/mol. The lowest BCUT2D eigenvalue weighted by Gasteiger charge is -2.31. The van der Waals surface area contributed by atoms with Crippen LogP contribution in [0.15, 0.2) is 29.1 Å². The third kappa shape index (κ3) is 2.74. The predicted molar refractivity (Wildman–Crippen MR) is 82.7 cm³/mol. The molecule has 1 fully saturated rings. The molecule has 3 rings (SSSR count). The van der Waals surface area contributed by atoms with E-state index in [1.165, 1.54) is 4.68 Å². The molecular weight excluding hydrogens is 282 g/mol. The topological polar surface area (TPSA) is 64.4 Å². The fourth-order valence-electron chi connectivity index (χ4n) is 2.78. The molecule has 6 nitrogen and oxygen atoms in total. The monoisotopic (exact) mass is 301 g/mol. The Morgan fingerprint density at radius 2 is 2.09 bits per heavy atom. The molecule has 2 heterocycles. The Bertz CT molecular complexity index is 769. The van der Waals surface area contributed by atoms with Crippen molar-refractivity contribution in [1.29, 1.82) is 0 Å². The highest BCUT2D eigenvalue weighted by atomic mass is 16.5. The number of aryl methyl sites for hydroxylation is 1. The zero-order chi connectivity index (χ0) is 15.7. The molecule has 6 heteroatoms. The van der Waals surface area contributed by atoms with Crippen molar-refractivity contribution in [3.63, 3.8) is 0 Å². The number of hydrogen-bond donors (Lipinski definition) is 0. The van der Waals surface area contributed by atoms with Gasteiger partial charge in [0.15, 0.2) is 0 Å². The normalized spacial score (nSPS) is 18.6. The van der Waals surface area contributed by atoms with E-state index in [0.29, 0.717) is 25.1 Å². The molecule has 1 aliphatic heterocycles. The van der Waals surface area contributed by atoms with Crippen LogP contribution in [0.1, 0.15) is 12.6 Å². The highest BCUT2D eigenvalue weighted by Gasteiger charge is 2.22. The Morgan fingerprint density at radius 3 is 2.82 bits per heavy atom. The number of carbonyl (C=O) groups is 1. The van der Waals surface area contributed by atoms with Crippen LogP contribution in [0.5, 0.6) is 0 Å². The highest BCUT2D eigenvalue weighted by molar-refractivity contribution is 5.83. The van der Waals surface area contributed by atoms with Gasteiger partial charge < -0.3 is 9.64 Å². The van der Waals surface area contributed by atoms with Crippen molar-refractivity contribution in [1.82, 2.24) is 14.7 Å². The molecule has 0 bridgehead atoms. The Balaban J connectivity index is 1.89. The van der Waals surface area contributed by atoms with E-state index in [1.54, 1.807) is 11.0 Å². The third-order valence-electron chi connectivity index (χ3n) is 3.93. The molecule has 1 saturated heterocycles. The van der Waals surface area contributed by atoms with Gasteiger partial charge in [-0.2, -0.15) is 5.10 Å². The smallest absolute Gasteiger partial charge is 0.275 e. The van der Waals surface area contributed by atoms with Crippen molar-refractivity contribution in [2.24, 2.45) is 0 Å². The maximum atomic E-state index is 12.5. The van der Waals surface area contributed by atoms with Crippen LogP contribution < -0.4 is 5.56 Å². The quantitative estimate of drug-likeness (QED) is 0.828. The van der Waals surface area contributed by atoms with Crippen LogP contribution in [0.2, 0.25) is 0 Å². The fraction of sp³-hybridized carbons (Fsp3) is 0.438. The van der Waals surface area contributed by atoms with Crippen LogP contribution in [0.3, 0.4) is 0 Å². The average Bonchev–Trinajstić information content (AvgIpc) is 2.52. The zero-order valence-electron chi connectivity index (χ0n) is 12.8. The number of nitrogens with zero attached hydrogens (tertiary/aromatic N) is 3. The summed E-state index contributed by atoms with van der Waals surface area (Å²) in [6.07, 6.45) is 0.0284. The van der Waals surface area contributed by atoms with Gasteiger partial charge in [0.2, 0.25) is 5.91 Å². The molecule has 0 aliphatic carbocycles. The van der Waals surface area contributed by atoms with Crippen LogP contribution in [0.25, 0.3) is 10.8 Å².